The van der Waals surface area contributed by atoms with Crippen molar-refractivity contribution < 1.29 is 14.4 Å². The largest absolute Gasteiger partial charge is 0.325 e. The minimum absolute atomic E-state index is 0.0639. The lowest BCUT2D eigenvalue weighted by Crippen LogP contribution is -2.03. The molecule has 0 amide bonds. The smallest absolute Gasteiger partial charge is 0.324 e. The van der Waals surface area contributed by atoms with Gasteiger partial charge in [0.15, 0.2) is 0 Å². The van der Waals surface area contributed by atoms with E-state index in [2.05, 4.69) is 20.3 Å². The lowest BCUT2D eigenvalue weighted by molar-refractivity contribution is 0.372. The fourth-order valence-electron chi connectivity index (χ4n) is 2.84. The lowest BCUT2D eigenvalue weighted by Gasteiger charge is -2.18. The summed E-state index contributed by atoms with van der Waals surface area (Å²) in [6, 6.07) is 0. The van der Waals surface area contributed by atoms with Crippen molar-refractivity contribution in [3.05, 3.63) is 0 Å². The maximum atomic E-state index is 10.9. The predicted molar refractivity (Wildman–Crippen MR) is 102 cm³/mol. The summed E-state index contributed by atoms with van der Waals surface area (Å²) in [7, 11) is -4.73. The fourth-order valence-corrected chi connectivity index (χ4v) is 5.98. The molecule has 0 bridgehead atoms. The van der Waals surface area contributed by atoms with Crippen LogP contribution in [0.2, 0.25) is 0 Å². The van der Waals surface area contributed by atoms with Crippen LogP contribution in [0.5, 0.6) is 0 Å². The molecular formula is C17H39O3P2+. The van der Waals surface area contributed by atoms with Gasteiger partial charge in [-0.15, -0.1) is 0 Å². The molecule has 0 saturated heterocycles. The molecule has 0 aliphatic rings. The van der Waals surface area contributed by atoms with Crippen LogP contribution in [-0.2, 0) is 4.57 Å². The molecule has 134 valence electrons. The van der Waals surface area contributed by atoms with E-state index in [1.54, 1.807) is 0 Å². The van der Waals surface area contributed by atoms with Gasteiger partial charge in [0.2, 0.25) is 0 Å². The van der Waals surface area contributed by atoms with E-state index in [1.165, 1.54) is 70.4 Å². The van der Waals surface area contributed by atoms with Crippen LogP contribution in [-0.4, -0.2) is 41.6 Å². The summed E-state index contributed by atoms with van der Waals surface area (Å²) < 4.78 is 10.9. The van der Waals surface area contributed by atoms with Crippen molar-refractivity contribution in [3.63, 3.8) is 0 Å². The molecule has 5 heteroatoms. The third-order valence-electron chi connectivity index (χ3n) is 4.33. The van der Waals surface area contributed by atoms with Gasteiger partial charge in [-0.3, -0.25) is 4.57 Å². The first kappa shape index (κ1) is 22.6. The van der Waals surface area contributed by atoms with E-state index in [-0.39, 0.29) is 6.16 Å². The van der Waals surface area contributed by atoms with Crippen LogP contribution in [0.1, 0.15) is 77.6 Å². The summed E-state index contributed by atoms with van der Waals surface area (Å²) in [6.45, 7) is 6.93. The van der Waals surface area contributed by atoms with Gasteiger partial charge in [0.1, 0.15) is 0 Å². The Hall–Kier alpha value is 0.580. The minimum atomic E-state index is -3.79. The van der Waals surface area contributed by atoms with Crippen molar-refractivity contribution in [1.82, 2.24) is 0 Å². The van der Waals surface area contributed by atoms with E-state index in [0.717, 1.165) is 6.16 Å². The molecule has 0 unspecified atom stereocenters. The molecule has 0 aliphatic carbocycles. The van der Waals surface area contributed by atoms with Crippen LogP contribution >= 0.6 is 14.9 Å². The molecule has 0 saturated carbocycles. The third kappa shape index (κ3) is 16.9. The second kappa shape index (κ2) is 12.9. The van der Waals surface area contributed by atoms with Gasteiger partial charge in [-0.25, -0.2) is 0 Å². The number of hydrogen-bond donors (Lipinski definition) is 2. The van der Waals surface area contributed by atoms with Gasteiger partial charge in [-0.1, -0.05) is 58.3 Å². The average Bonchev–Trinajstić information content (AvgIpc) is 2.39. The Kier molecular flexibility index (Phi) is 13.3. The Morgan fingerprint density at radius 1 is 0.727 bits per heavy atom. The highest BCUT2D eigenvalue weighted by Crippen LogP contribution is 2.53. The quantitative estimate of drug-likeness (QED) is 0.291. The summed E-state index contributed by atoms with van der Waals surface area (Å²) in [5.41, 5.74) is 0. The van der Waals surface area contributed by atoms with Gasteiger partial charge in [0, 0.05) is 20.6 Å². The minimum Gasteiger partial charge on any atom is -0.324 e. The Balaban J connectivity index is 3.43. The molecule has 0 aromatic carbocycles. The van der Waals surface area contributed by atoms with Crippen molar-refractivity contribution in [1.29, 1.82) is 0 Å². The van der Waals surface area contributed by atoms with Crippen LogP contribution in [0.15, 0.2) is 0 Å². The summed E-state index contributed by atoms with van der Waals surface area (Å²) >= 11 is 0. The molecule has 0 aromatic heterocycles. The Morgan fingerprint density at radius 2 is 1.14 bits per heavy atom. The first-order valence-corrected chi connectivity index (χ1v) is 14.0. The van der Waals surface area contributed by atoms with Crippen LogP contribution < -0.4 is 0 Å². The van der Waals surface area contributed by atoms with E-state index < -0.39 is 14.9 Å². The van der Waals surface area contributed by atoms with Crippen LogP contribution in [0, 0.1) is 0 Å². The molecule has 0 atom stereocenters. The zero-order chi connectivity index (χ0) is 16.9. The van der Waals surface area contributed by atoms with Gasteiger partial charge in [0.25, 0.3) is 0 Å². The zero-order valence-corrected chi connectivity index (χ0v) is 16.9. The van der Waals surface area contributed by atoms with E-state index >= 15 is 0 Å². The molecule has 2 N–H and O–H groups in total. The molecule has 0 spiro atoms. The average molecular weight is 353 g/mol. The SMILES string of the molecule is CCCCCCCCCCCC[P+](C)(C)CCCP(=O)(O)O. The van der Waals surface area contributed by atoms with Crippen molar-refractivity contribution in [2.75, 3.05) is 31.8 Å². The van der Waals surface area contributed by atoms with Gasteiger partial charge in [0.05, 0.1) is 18.5 Å². The standard InChI is InChI=1S/C17H38O3P2/c1-4-5-6-7-8-9-10-11-12-13-15-21(2,3)16-14-17-22(18,19)20/h4-17H2,1-3H3,(H-,18,19,20)/p+1. The molecule has 0 aliphatic heterocycles. The monoisotopic (exact) mass is 353 g/mol. The Labute approximate surface area is 139 Å². The number of unbranched alkanes of at least 4 members (excludes halogenated alkanes) is 9. The van der Waals surface area contributed by atoms with Crippen molar-refractivity contribution in [3.8, 4) is 0 Å². The maximum absolute atomic E-state index is 10.9. The maximum Gasteiger partial charge on any atom is 0.325 e. The van der Waals surface area contributed by atoms with Crippen molar-refractivity contribution in [2.24, 2.45) is 0 Å². The number of rotatable bonds is 15. The normalized spacial score (nSPS) is 12.8. The van der Waals surface area contributed by atoms with E-state index in [1.807, 2.05) is 0 Å². The molecule has 0 aromatic rings. The van der Waals surface area contributed by atoms with Crippen molar-refractivity contribution >= 4 is 14.9 Å². The van der Waals surface area contributed by atoms with Gasteiger partial charge < -0.3 is 9.79 Å². The summed E-state index contributed by atoms with van der Waals surface area (Å²) in [6.07, 6.45) is 16.7. The highest BCUT2D eigenvalue weighted by molar-refractivity contribution is 7.74. The van der Waals surface area contributed by atoms with Crippen molar-refractivity contribution in [2.45, 2.75) is 77.6 Å². The molecule has 3 nitrogen and oxygen atoms in total. The summed E-state index contributed by atoms with van der Waals surface area (Å²) in [4.78, 5) is 17.8. The molecule has 0 rings (SSSR count). The second-order valence-electron chi connectivity index (χ2n) is 7.31. The first-order chi connectivity index (χ1) is 10.3. The fraction of sp³-hybridized carbons (Fsp3) is 1.00. The first-order valence-electron chi connectivity index (χ1n) is 9.13. The van der Waals surface area contributed by atoms with Gasteiger partial charge >= 0.3 is 7.60 Å². The molecule has 22 heavy (non-hydrogen) atoms. The third-order valence-corrected chi connectivity index (χ3v) is 8.28. The lowest BCUT2D eigenvalue weighted by atomic mass is 10.1. The summed E-state index contributed by atoms with van der Waals surface area (Å²) in [5, 5.41) is 0. The van der Waals surface area contributed by atoms with Crippen LogP contribution in [0.4, 0.5) is 0 Å². The molecule has 0 radical (unpaired) electrons. The highest BCUT2D eigenvalue weighted by Gasteiger charge is 2.25. The molecular weight excluding hydrogens is 314 g/mol. The van der Waals surface area contributed by atoms with Gasteiger partial charge in [-0.05, 0) is 19.3 Å². The van der Waals surface area contributed by atoms with Crippen LogP contribution in [0.3, 0.4) is 0 Å². The topological polar surface area (TPSA) is 57.5 Å². The van der Waals surface area contributed by atoms with Gasteiger partial charge in [-0.2, -0.15) is 0 Å². The van der Waals surface area contributed by atoms with E-state index in [9.17, 15) is 4.57 Å². The van der Waals surface area contributed by atoms with E-state index in [0.29, 0.717) is 6.42 Å². The second-order valence-corrected chi connectivity index (χ2v) is 13.8. The van der Waals surface area contributed by atoms with E-state index in [4.69, 9.17) is 9.79 Å². The number of hydrogen-bond acceptors (Lipinski definition) is 1. The Bertz CT molecular complexity index is 300. The van der Waals surface area contributed by atoms with Crippen LogP contribution in [0.25, 0.3) is 0 Å². The highest BCUT2D eigenvalue weighted by atomic mass is 31.2. The summed E-state index contributed by atoms with van der Waals surface area (Å²) in [5.74, 6) is 0. The Morgan fingerprint density at radius 3 is 1.59 bits per heavy atom. The molecule has 0 heterocycles. The predicted octanol–water partition coefficient (Wildman–Crippen LogP) is 5.75. The molecule has 0 fully saturated rings. The zero-order valence-electron chi connectivity index (χ0n) is 15.1.